The van der Waals surface area contributed by atoms with Gasteiger partial charge in [-0.1, -0.05) is 18.2 Å². The maximum atomic E-state index is 13.4. The summed E-state index contributed by atoms with van der Waals surface area (Å²) in [5.41, 5.74) is 1.54. The van der Waals surface area contributed by atoms with Gasteiger partial charge in [0.15, 0.2) is 0 Å². The lowest BCUT2D eigenvalue weighted by Crippen LogP contribution is -2.31. The van der Waals surface area contributed by atoms with Crippen molar-refractivity contribution >= 4 is 15.9 Å². The number of halogens is 1. The van der Waals surface area contributed by atoms with Crippen LogP contribution in [0.4, 0.5) is 4.39 Å². The zero-order valence-electron chi connectivity index (χ0n) is 15.2. The second kappa shape index (κ2) is 7.97. The molecule has 2 aromatic carbocycles. The summed E-state index contributed by atoms with van der Waals surface area (Å²) in [6.45, 7) is 6.91. The van der Waals surface area contributed by atoms with Crippen LogP contribution in [0.1, 0.15) is 48.3 Å². The van der Waals surface area contributed by atoms with E-state index in [1.54, 1.807) is 45.9 Å². The van der Waals surface area contributed by atoms with E-state index in [2.05, 4.69) is 10.0 Å². The third-order valence-electron chi connectivity index (χ3n) is 3.85. The Kier molecular flexibility index (Phi) is 6.15. The minimum absolute atomic E-state index is 0.0281. The van der Waals surface area contributed by atoms with Crippen molar-refractivity contribution in [3.05, 3.63) is 65.0 Å². The van der Waals surface area contributed by atoms with Crippen molar-refractivity contribution < 1.29 is 17.6 Å². The molecule has 0 aliphatic rings. The van der Waals surface area contributed by atoms with Gasteiger partial charge in [0.05, 0.1) is 10.9 Å². The highest BCUT2D eigenvalue weighted by molar-refractivity contribution is 7.89. The minimum atomic E-state index is -3.70. The third-order valence-corrected chi connectivity index (χ3v) is 5.51. The van der Waals surface area contributed by atoms with Crippen LogP contribution in [0.5, 0.6) is 0 Å². The fourth-order valence-corrected chi connectivity index (χ4v) is 3.80. The van der Waals surface area contributed by atoms with Crippen molar-refractivity contribution in [2.45, 2.75) is 44.7 Å². The molecule has 0 saturated carbocycles. The number of nitrogens with one attached hydrogen (secondary N) is 2. The molecule has 26 heavy (non-hydrogen) atoms. The summed E-state index contributed by atoms with van der Waals surface area (Å²) < 4.78 is 40.5. The Morgan fingerprint density at radius 3 is 2.38 bits per heavy atom. The van der Waals surface area contributed by atoms with Gasteiger partial charge in [0.2, 0.25) is 10.0 Å². The molecule has 1 amide bonds. The Balaban J connectivity index is 2.27. The molecule has 2 rings (SSSR count). The van der Waals surface area contributed by atoms with Crippen LogP contribution in [0.15, 0.2) is 47.4 Å². The molecule has 0 heterocycles. The van der Waals surface area contributed by atoms with Crippen molar-refractivity contribution in [2.75, 3.05) is 0 Å². The van der Waals surface area contributed by atoms with Gasteiger partial charge in [0, 0.05) is 11.6 Å². The topological polar surface area (TPSA) is 75.3 Å². The highest BCUT2D eigenvalue weighted by atomic mass is 32.2. The highest BCUT2D eigenvalue weighted by Crippen LogP contribution is 2.19. The smallest absolute Gasteiger partial charge is 0.252 e. The minimum Gasteiger partial charge on any atom is -0.346 e. The molecule has 1 atom stereocenters. The molecule has 0 saturated heterocycles. The molecule has 2 aromatic rings. The van der Waals surface area contributed by atoms with E-state index in [1.165, 1.54) is 24.3 Å². The Morgan fingerprint density at radius 2 is 1.77 bits per heavy atom. The van der Waals surface area contributed by atoms with Gasteiger partial charge < -0.3 is 5.32 Å². The second-order valence-corrected chi connectivity index (χ2v) is 8.22. The van der Waals surface area contributed by atoms with Crippen molar-refractivity contribution in [3.63, 3.8) is 0 Å². The van der Waals surface area contributed by atoms with Gasteiger partial charge in [-0.25, -0.2) is 17.5 Å². The van der Waals surface area contributed by atoms with Crippen molar-refractivity contribution in [1.82, 2.24) is 10.0 Å². The van der Waals surface area contributed by atoms with Gasteiger partial charge in [-0.2, -0.15) is 0 Å². The molecular weight excluding hydrogens is 355 g/mol. The van der Waals surface area contributed by atoms with Crippen molar-refractivity contribution in [3.8, 4) is 0 Å². The number of hydrogen-bond donors (Lipinski definition) is 2. The van der Waals surface area contributed by atoms with E-state index in [4.69, 9.17) is 0 Å². The van der Waals surface area contributed by atoms with Gasteiger partial charge in [-0.15, -0.1) is 0 Å². The molecule has 0 spiro atoms. The standard InChI is InChI=1S/C19H23FN2O3S/c1-12(2)22-26(24,25)17-9-8-13(3)18(11-17)19(23)21-14(4)15-6-5-7-16(20)10-15/h5-12,14,22H,1-4H3,(H,21,23). The second-order valence-electron chi connectivity index (χ2n) is 6.50. The molecular formula is C19H23FN2O3S. The Bertz CT molecular complexity index is 911. The van der Waals surface area contributed by atoms with Gasteiger partial charge in [0.25, 0.3) is 5.91 Å². The van der Waals surface area contributed by atoms with Crippen LogP contribution >= 0.6 is 0 Å². The van der Waals surface area contributed by atoms with Crippen molar-refractivity contribution in [2.24, 2.45) is 0 Å². The van der Waals surface area contributed by atoms with Crippen LogP contribution in [0.25, 0.3) is 0 Å². The molecule has 0 aromatic heterocycles. The normalized spacial score (nSPS) is 12.8. The van der Waals surface area contributed by atoms with E-state index < -0.39 is 22.0 Å². The molecule has 140 valence electrons. The van der Waals surface area contributed by atoms with Crippen molar-refractivity contribution in [1.29, 1.82) is 0 Å². The number of benzene rings is 2. The number of carbonyl (C=O) groups is 1. The lowest BCUT2D eigenvalue weighted by atomic mass is 10.1. The number of sulfonamides is 1. The Labute approximate surface area is 153 Å². The van der Waals surface area contributed by atoms with E-state index in [0.29, 0.717) is 11.1 Å². The lowest BCUT2D eigenvalue weighted by Gasteiger charge is -2.16. The van der Waals surface area contributed by atoms with E-state index in [0.717, 1.165) is 0 Å². The van der Waals surface area contributed by atoms with Crippen LogP contribution in [0, 0.1) is 12.7 Å². The van der Waals surface area contributed by atoms with E-state index >= 15 is 0 Å². The quantitative estimate of drug-likeness (QED) is 0.810. The number of hydrogen-bond acceptors (Lipinski definition) is 3. The molecule has 0 radical (unpaired) electrons. The summed E-state index contributed by atoms with van der Waals surface area (Å²) in [6.07, 6.45) is 0. The summed E-state index contributed by atoms with van der Waals surface area (Å²) in [5, 5.41) is 2.78. The number of aryl methyl sites for hydroxylation is 1. The maximum Gasteiger partial charge on any atom is 0.252 e. The molecule has 0 fully saturated rings. The van der Waals surface area contributed by atoms with E-state index in [9.17, 15) is 17.6 Å². The molecule has 7 heteroatoms. The summed E-state index contributed by atoms with van der Waals surface area (Å²) in [4.78, 5) is 12.6. The van der Waals surface area contributed by atoms with Gasteiger partial charge in [-0.05, 0) is 63.1 Å². The average molecular weight is 378 g/mol. The van der Waals surface area contributed by atoms with E-state index in [1.807, 2.05) is 0 Å². The fourth-order valence-electron chi connectivity index (χ4n) is 2.52. The molecule has 2 N–H and O–H groups in total. The predicted octanol–water partition coefficient (Wildman–Crippen LogP) is 3.31. The van der Waals surface area contributed by atoms with Crippen LogP contribution in [0.3, 0.4) is 0 Å². The van der Waals surface area contributed by atoms with Gasteiger partial charge in [-0.3, -0.25) is 4.79 Å². The Hall–Kier alpha value is -2.25. The molecule has 0 aliphatic heterocycles. The first-order valence-corrected chi connectivity index (χ1v) is 9.78. The summed E-state index contributed by atoms with van der Waals surface area (Å²) in [5.74, 6) is -0.798. The highest BCUT2D eigenvalue weighted by Gasteiger charge is 2.20. The van der Waals surface area contributed by atoms with Crippen LogP contribution in [-0.4, -0.2) is 20.4 Å². The molecule has 1 unspecified atom stereocenters. The fraction of sp³-hybridized carbons (Fsp3) is 0.316. The maximum absolute atomic E-state index is 13.4. The molecule has 5 nitrogen and oxygen atoms in total. The number of rotatable bonds is 6. The third kappa shape index (κ3) is 4.89. The molecule has 0 bridgehead atoms. The molecule has 0 aliphatic carbocycles. The van der Waals surface area contributed by atoms with Gasteiger partial charge in [0.1, 0.15) is 5.82 Å². The van der Waals surface area contributed by atoms with Crippen LogP contribution in [0.2, 0.25) is 0 Å². The average Bonchev–Trinajstić information content (AvgIpc) is 2.53. The zero-order valence-corrected chi connectivity index (χ0v) is 16.0. The van der Waals surface area contributed by atoms with Gasteiger partial charge >= 0.3 is 0 Å². The SMILES string of the molecule is Cc1ccc(S(=O)(=O)NC(C)C)cc1C(=O)NC(C)c1cccc(F)c1. The monoisotopic (exact) mass is 378 g/mol. The first-order valence-electron chi connectivity index (χ1n) is 8.29. The number of amides is 1. The largest absolute Gasteiger partial charge is 0.346 e. The summed E-state index contributed by atoms with van der Waals surface area (Å²) >= 11 is 0. The van der Waals surface area contributed by atoms with Crippen LogP contribution < -0.4 is 10.0 Å². The van der Waals surface area contributed by atoms with Crippen LogP contribution in [-0.2, 0) is 10.0 Å². The Morgan fingerprint density at radius 1 is 1.08 bits per heavy atom. The zero-order chi connectivity index (χ0) is 19.5. The first-order chi connectivity index (χ1) is 12.1. The first kappa shape index (κ1) is 20.1. The summed E-state index contributed by atoms with van der Waals surface area (Å²) in [7, 11) is -3.70. The predicted molar refractivity (Wildman–Crippen MR) is 98.9 cm³/mol. The lowest BCUT2D eigenvalue weighted by molar-refractivity contribution is 0.0939. The summed E-state index contributed by atoms with van der Waals surface area (Å²) in [6, 6.07) is 9.71. The number of carbonyl (C=O) groups excluding carboxylic acids is 1. The van der Waals surface area contributed by atoms with E-state index in [-0.39, 0.29) is 22.3 Å².